The van der Waals surface area contributed by atoms with Crippen molar-refractivity contribution in [1.29, 1.82) is 0 Å². The van der Waals surface area contributed by atoms with Crippen LogP contribution in [0.3, 0.4) is 0 Å². The number of hydrogen-bond acceptors (Lipinski definition) is 5. The Kier molecular flexibility index (Phi) is 5.27. The zero-order valence-electron chi connectivity index (χ0n) is 16.0. The summed E-state index contributed by atoms with van der Waals surface area (Å²) in [7, 11) is 0. The first-order valence-corrected chi connectivity index (χ1v) is 9.83. The molecule has 0 bridgehead atoms. The molecular formula is C20H25N5O3. The van der Waals surface area contributed by atoms with Gasteiger partial charge < -0.3 is 19.5 Å². The van der Waals surface area contributed by atoms with Crippen molar-refractivity contribution in [3.8, 4) is 0 Å². The normalized spacial score (nSPS) is 17.0. The number of carbonyl (C=O) groups is 2. The Hall–Kier alpha value is -2.90. The average molecular weight is 383 g/mol. The summed E-state index contributed by atoms with van der Waals surface area (Å²) < 4.78 is 7.14. The van der Waals surface area contributed by atoms with Crippen LogP contribution in [0.15, 0.2) is 30.3 Å². The summed E-state index contributed by atoms with van der Waals surface area (Å²) in [4.78, 5) is 26.9. The van der Waals surface area contributed by atoms with Crippen molar-refractivity contribution in [2.24, 2.45) is 0 Å². The fourth-order valence-corrected chi connectivity index (χ4v) is 3.60. The second-order valence-corrected chi connectivity index (χ2v) is 7.27. The number of aromatic nitrogens is 3. The van der Waals surface area contributed by atoms with Crippen LogP contribution in [0.5, 0.6) is 0 Å². The third kappa shape index (κ3) is 4.00. The number of fused-ring (bicyclic) bond motifs is 1. The summed E-state index contributed by atoms with van der Waals surface area (Å²) in [6, 6.07) is 8.98. The van der Waals surface area contributed by atoms with Gasteiger partial charge in [0.15, 0.2) is 5.82 Å². The van der Waals surface area contributed by atoms with E-state index in [1.807, 2.05) is 30.3 Å². The molecule has 1 saturated carbocycles. The first-order chi connectivity index (χ1) is 13.7. The summed E-state index contributed by atoms with van der Waals surface area (Å²) in [5.74, 6) is 2.27. The van der Waals surface area contributed by atoms with E-state index in [9.17, 15) is 9.59 Å². The summed E-state index contributed by atoms with van der Waals surface area (Å²) in [6.45, 7) is 3.68. The summed E-state index contributed by atoms with van der Waals surface area (Å²) in [6.07, 6.45) is 2.18. The Morgan fingerprint density at radius 3 is 2.71 bits per heavy atom. The van der Waals surface area contributed by atoms with Gasteiger partial charge in [0.05, 0.1) is 13.2 Å². The maximum absolute atomic E-state index is 13.2. The summed E-state index contributed by atoms with van der Waals surface area (Å²) >= 11 is 0. The molecule has 1 fully saturated rings. The van der Waals surface area contributed by atoms with E-state index in [2.05, 4.69) is 20.1 Å². The van der Waals surface area contributed by atoms with Gasteiger partial charge in [-0.2, -0.15) is 0 Å². The molecule has 2 heterocycles. The quantitative estimate of drug-likeness (QED) is 0.822. The Bertz CT molecular complexity index is 847. The minimum Gasteiger partial charge on any atom is -0.450 e. The zero-order valence-corrected chi connectivity index (χ0v) is 16.0. The van der Waals surface area contributed by atoms with Crippen molar-refractivity contribution >= 4 is 12.0 Å². The van der Waals surface area contributed by atoms with E-state index < -0.39 is 12.1 Å². The van der Waals surface area contributed by atoms with Crippen LogP contribution in [0.4, 0.5) is 4.79 Å². The van der Waals surface area contributed by atoms with Gasteiger partial charge in [-0.15, -0.1) is 10.2 Å². The molecule has 1 aliphatic carbocycles. The average Bonchev–Trinajstić information content (AvgIpc) is 3.46. The number of rotatable bonds is 6. The van der Waals surface area contributed by atoms with E-state index in [0.717, 1.165) is 17.2 Å². The minimum atomic E-state index is -0.682. The standard InChI is InChI=1S/C20H25N5O3/c1-2-28-20(27)21-16(12-14-6-4-3-5-7-14)19(26)24-10-11-25-17(13-24)22-23-18(25)15-8-9-15/h3-7,15-16H,2,8-13H2,1H3,(H,21,27)/t16-/m1/s1. The Morgan fingerprint density at radius 1 is 1.21 bits per heavy atom. The van der Waals surface area contributed by atoms with Gasteiger partial charge in [0.25, 0.3) is 0 Å². The van der Waals surface area contributed by atoms with Gasteiger partial charge in [-0.3, -0.25) is 4.79 Å². The van der Waals surface area contributed by atoms with Crippen LogP contribution in [-0.2, 0) is 29.0 Å². The lowest BCUT2D eigenvalue weighted by Gasteiger charge is -2.31. The number of amides is 2. The van der Waals surface area contributed by atoms with Gasteiger partial charge >= 0.3 is 6.09 Å². The van der Waals surface area contributed by atoms with Crippen molar-refractivity contribution in [3.05, 3.63) is 47.5 Å². The highest BCUT2D eigenvalue weighted by Crippen LogP contribution is 2.39. The molecule has 2 amide bonds. The second-order valence-electron chi connectivity index (χ2n) is 7.27. The highest BCUT2D eigenvalue weighted by Gasteiger charge is 2.34. The smallest absolute Gasteiger partial charge is 0.407 e. The van der Waals surface area contributed by atoms with Crippen LogP contribution in [0.2, 0.25) is 0 Å². The monoisotopic (exact) mass is 383 g/mol. The van der Waals surface area contributed by atoms with E-state index >= 15 is 0 Å². The van der Waals surface area contributed by atoms with Gasteiger partial charge in [-0.1, -0.05) is 30.3 Å². The van der Waals surface area contributed by atoms with E-state index in [-0.39, 0.29) is 12.5 Å². The maximum Gasteiger partial charge on any atom is 0.407 e. The molecule has 1 aromatic carbocycles. The number of nitrogens with one attached hydrogen (secondary N) is 1. The predicted molar refractivity (Wildman–Crippen MR) is 102 cm³/mol. The fourth-order valence-electron chi connectivity index (χ4n) is 3.60. The number of hydrogen-bond donors (Lipinski definition) is 1. The van der Waals surface area contributed by atoms with Crippen LogP contribution in [-0.4, -0.2) is 50.9 Å². The van der Waals surface area contributed by atoms with Crippen molar-refractivity contribution < 1.29 is 14.3 Å². The summed E-state index contributed by atoms with van der Waals surface area (Å²) in [5, 5.41) is 11.3. The molecule has 2 aliphatic rings. The van der Waals surface area contributed by atoms with E-state index in [1.165, 1.54) is 12.8 Å². The third-order valence-electron chi connectivity index (χ3n) is 5.18. The molecule has 148 valence electrons. The van der Waals surface area contributed by atoms with Crippen LogP contribution >= 0.6 is 0 Å². The number of carbonyl (C=O) groups excluding carboxylic acids is 2. The summed E-state index contributed by atoms with van der Waals surface area (Å²) in [5.41, 5.74) is 0.980. The molecule has 0 saturated heterocycles. The van der Waals surface area contributed by atoms with Gasteiger partial charge in [0.1, 0.15) is 11.9 Å². The van der Waals surface area contributed by atoms with E-state index in [4.69, 9.17) is 4.74 Å². The minimum absolute atomic E-state index is 0.126. The molecule has 8 heteroatoms. The number of benzene rings is 1. The molecule has 28 heavy (non-hydrogen) atoms. The van der Waals surface area contributed by atoms with E-state index in [1.54, 1.807) is 11.8 Å². The first-order valence-electron chi connectivity index (χ1n) is 9.83. The van der Waals surface area contributed by atoms with Gasteiger partial charge in [-0.05, 0) is 25.3 Å². The molecule has 0 unspecified atom stereocenters. The van der Waals surface area contributed by atoms with Crippen LogP contribution in [0.1, 0.15) is 42.9 Å². The molecule has 4 rings (SSSR count). The number of nitrogens with zero attached hydrogens (tertiary/aromatic N) is 4. The van der Waals surface area contributed by atoms with Gasteiger partial charge in [0.2, 0.25) is 5.91 Å². The first kappa shape index (κ1) is 18.5. The predicted octanol–water partition coefficient (Wildman–Crippen LogP) is 1.86. The van der Waals surface area contributed by atoms with Gasteiger partial charge in [0, 0.05) is 25.4 Å². The largest absolute Gasteiger partial charge is 0.450 e. The molecule has 1 aliphatic heterocycles. The molecular weight excluding hydrogens is 358 g/mol. The fraction of sp³-hybridized carbons (Fsp3) is 0.500. The lowest BCUT2D eigenvalue weighted by atomic mass is 10.0. The van der Waals surface area contributed by atoms with Crippen LogP contribution in [0.25, 0.3) is 0 Å². The highest BCUT2D eigenvalue weighted by molar-refractivity contribution is 5.86. The van der Waals surface area contributed by atoms with Crippen LogP contribution < -0.4 is 5.32 Å². The molecule has 1 aromatic heterocycles. The van der Waals surface area contributed by atoms with E-state index in [0.29, 0.717) is 32.0 Å². The van der Waals surface area contributed by atoms with Crippen molar-refractivity contribution in [2.75, 3.05) is 13.2 Å². The molecule has 8 nitrogen and oxygen atoms in total. The Morgan fingerprint density at radius 2 is 2.00 bits per heavy atom. The maximum atomic E-state index is 13.2. The van der Waals surface area contributed by atoms with Crippen molar-refractivity contribution in [2.45, 2.75) is 51.2 Å². The Balaban J connectivity index is 1.48. The zero-order chi connectivity index (χ0) is 19.5. The van der Waals surface area contributed by atoms with Gasteiger partial charge in [-0.25, -0.2) is 4.79 Å². The number of ether oxygens (including phenoxy) is 1. The second kappa shape index (κ2) is 8.00. The van der Waals surface area contributed by atoms with Crippen molar-refractivity contribution in [1.82, 2.24) is 25.0 Å². The lowest BCUT2D eigenvalue weighted by Crippen LogP contribution is -2.51. The Labute approximate surface area is 163 Å². The third-order valence-corrected chi connectivity index (χ3v) is 5.18. The molecule has 0 radical (unpaired) electrons. The molecule has 0 spiro atoms. The number of alkyl carbamates (subject to hydrolysis) is 1. The van der Waals surface area contributed by atoms with Crippen LogP contribution in [0, 0.1) is 0 Å². The topological polar surface area (TPSA) is 89.4 Å². The SMILES string of the molecule is CCOC(=O)N[C@H](Cc1ccccc1)C(=O)N1CCn2c(nnc2C2CC2)C1. The lowest BCUT2D eigenvalue weighted by molar-refractivity contribution is -0.134. The van der Waals surface area contributed by atoms with Crippen molar-refractivity contribution in [3.63, 3.8) is 0 Å². The molecule has 1 N–H and O–H groups in total. The molecule has 2 aromatic rings. The molecule has 1 atom stereocenters. The highest BCUT2D eigenvalue weighted by atomic mass is 16.5.